The fourth-order valence-corrected chi connectivity index (χ4v) is 5.66. The van der Waals surface area contributed by atoms with Gasteiger partial charge < -0.3 is 14.5 Å². The molecule has 1 amide bonds. The number of fused-ring (bicyclic) bond motifs is 3. The van der Waals surface area contributed by atoms with E-state index in [1.165, 1.54) is 19.3 Å². The summed E-state index contributed by atoms with van der Waals surface area (Å²) in [7, 11) is 1.63. The molecule has 0 unspecified atom stereocenters. The van der Waals surface area contributed by atoms with Gasteiger partial charge in [0.25, 0.3) is 5.91 Å². The van der Waals surface area contributed by atoms with Crippen LogP contribution in [0.5, 0.6) is 5.75 Å². The van der Waals surface area contributed by atoms with E-state index in [-0.39, 0.29) is 5.91 Å². The van der Waals surface area contributed by atoms with Crippen molar-refractivity contribution in [2.75, 3.05) is 38.2 Å². The molecule has 36 heavy (non-hydrogen) atoms. The second-order valence-corrected chi connectivity index (χ2v) is 9.84. The number of rotatable bonds is 4. The van der Waals surface area contributed by atoms with Crippen molar-refractivity contribution >= 4 is 28.4 Å². The molecule has 1 aliphatic heterocycles. The summed E-state index contributed by atoms with van der Waals surface area (Å²) in [6.07, 6.45) is 6.95. The average molecular weight is 485 g/mol. The summed E-state index contributed by atoms with van der Waals surface area (Å²) in [4.78, 5) is 22.6. The van der Waals surface area contributed by atoms with Gasteiger partial charge in [-0.05, 0) is 55.7 Å². The van der Waals surface area contributed by atoms with Gasteiger partial charge in [-0.2, -0.15) is 0 Å². The van der Waals surface area contributed by atoms with Crippen molar-refractivity contribution in [1.29, 1.82) is 0 Å². The number of hydrogen-bond donors (Lipinski definition) is 0. The van der Waals surface area contributed by atoms with E-state index >= 15 is 0 Å². The van der Waals surface area contributed by atoms with Gasteiger partial charge >= 0.3 is 0 Å². The number of anilines is 1. The lowest BCUT2D eigenvalue weighted by Crippen LogP contribution is -2.36. The van der Waals surface area contributed by atoms with Crippen molar-refractivity contribution < 1.29 is 9.53 Å². The minimum absolute atomic E-state index is 0.0586. The molecule has 2 aromatic heterocycles. The van der Waals surface area contributed by atoms with E-state index in [4.69, 9.17) is 14.8 Å². The van der Waals surface area contributed by atoms with E-state index in [1.807, 2.05) is 47.4 Å². The van der Waals surface area contributed by atoms with Gasteiger partial charge in [-0.25, -0.2) is 9.38 Å². The second kappa shape index (κ2) is 9.76. The van der Waals surface area contributed by atoms with E-state index < -0.39 is 0 Å². The smallest absolute Gasteiger partial charge is 0.253 e. The normalized spacial score (nSPS) is 17.5. The van der Waals surface area contributed by atoms with Crippen LogP contribution in [0.25, 0.3) is 16.6 Å². The molecule has 0 atom stereocenters. The Hall–Kier alpha value is -3.68. The Labute approximate surface area is 210 Å². The summed E-state index contributed by atoms with van der Waals surface area (Å²) >= 11 is 0. The highest BCUT2D eigenvalue weighted by Gasteiger charge is 2.27. The van der Waals surface area contributed by atoms with Crippen LogP contribution in [0.4, 0.5) is 5.95 Å². The Balaban J connectivity index is 1.33. The zero-order chi connectivity index (χ0) is 24.5. The second-order valence-electron chi connectivity index (χ2n) is 9.84. The van der Waals surface area contributed by atoms with Gasteiger partial charge in [0.05, 0.1) is 12.6 Å². The van der Waals surface area contributed by atoms with E-state index in [0.717, 1.165) is 66.4 Å². The number of aromatic nitrogens is 4. The van der Waals surface area contributed by atoms with Crippen LogP contribution in [-0.2, 0) is 0 Å². The molecule has 1 aliphatic carbocycles. The first-order chi connectivity index (χ1) is 17.7. The quantitative estimate of drug-likeness (QED) is 0.418. The third-order valence-corrected chi connectivity index (χ3v) is 7.63. The minimum atomic E-state index is 0.0586. The Bertz CT molecular complexity index is 1380. The van der Waals surface area contributed by atoms with Crippen LogP contribution in [0.3, 0.4) is 0 Å². The van der Waals surface area contributed by atoms with Gasteiger partial charge in [-0.3, -0.25) is 4.79 Å². The van der Waals surface area contributed by atoms with Crippen LogP contribution in [0.2, 0.25) is 0 Å². The molecule has 2 aromatic carbocycles. The fourth-order valence-electron chi connectivity index (χ4n) is 5.66. The molecular formula is C28H32N6O2. The molecule has 4 aromatic rings. The zero-order valence-electron chi connectivity index (χ0n) is 20.8. The first-order valence-electron chi connectivity index (χ1n) is 13.0. The lowest BCUT2D eigenvalue weighted by molar-refractivity contribution is 0.0767. The average Bonchev–Trinajstić information content (AvgIpc) is 3.24. The van der Waals surface area contributed by atoms with Gasteiger partial charge in [0, 0.05) is 43.0 Å². The molecule has 186 valence electrons. The van der Waals surface area contributed by atoms with Crippen LogP contribution >= 0.6 is 0 Å². The highest BCUT2D eigenvalue weighted by Crippen LogP contribution is 2.34. The van der Waals surface area contributed by atoms with Gasteiger partial charge in [-0.1, -0.05) is 31.4 Å². The Morgan fingerprint density at radius 2 is 1.69 bits per heavy atom. The molecule has 0 bridgehead atoms. The van der Waals surface area contributed by atoms with E-state index in [1.54, 1.807) is 7.11 Å². The van der Waals surface area contributed by atoms with E-state index in [9.17, 15) is 4.79 Å². The Kier molecular flexibility index (Phi) is 6.17. The van der Waals surface area contributed by atoms with Crippen molar-refractivity contribution in [3.63, 3.8) is 0 Å². The van der Waals surface area contributed by atoms with Crippen molar-refractivity contribution in [2.24, 2.45) is 0 Å². The monoisotopic (exact) mass is 484 g/mol. The number of benzene rings is 2. The molecule has 3 heterocycles. The van der Waals surface area contributed by atoms with E-state index in [0.29, 0.717) is 24.6 Å². The minimum Gasteiger partial charge on any atom is -0.497 e. The largest absolute Gasteiger partial charge is 0.497 e. The summed E-state index contributed by atoms with van der Waals surface area (Å²) in [6.45, 7) is 2.90. The molecule has 0 radical (unpaired) electrons. The highest BCUT2D eigenvalue weighted by molar-refractivity contribution is 5.94. The molecule has 6 rings (SSSR count). The molecule has 2 aliphatic rings. The van der Waals surface area contributed by atoms with Crippen molar-refractivity contribution in [2.45, 2.75) is 44.4 Å². The predicted octanol–water partition coefficient (Wildman–Crippen LogP) is 4.69. The van der Waals surface area contributed by atoms with E-state index in [2.05, 4.69) is 20.5 Å². The number of methoxy groups -OCH3 is 1. The number of amides is 1. The summed E-state index contributed by atoms with van der Waals surface area (Å²) in [5, 5.41) is 10.4. The van der Waals surface area contributed by atoms with Gasteiger partial charge in [0.2, 0.25) is 5.95 Å². The Morgan fingerprint density at radius 3 is 2.50 bits per heavy atom. The van der Waals surface area contributed by atoms with Crippen molar-refractivity contribution in [3.05, 3.63) is 59.9 Å². The van der Waals surface area contributed by atoms with Crippen LogP contribution in [0, 0.1) is 0 Å². The number of carbonyl (C=O) groups excluding carboxylic acids is 1. The van der Waals surface area contributed by atoms with Crippen molar-refractivity contribution in [1.82, 2.24) is 24.5 Å². The molecule has 2 fully saturated rings. The molecule has 0 spiro atoms. The number of hydrogen-bond acceptors (Lipinski definition) is 6. The summed E-state index contributed by atoms with van der Waals surface area (Å²) in [5.41, 5.74) is 2.50. The Morgan fingerprint density at radius 1 is 0.889 bits per heavy atom. The lowest BCUT2D eigenvalue weighted by atomic mass is 9.89. The fraction of sp³-hybridized carbons (Fsp3) is 0.429. The first-order valence-corrected chi connectivity index (χ1v) is 13.0. The zero-order valence-corrected chi connectivity index (χ0v) is 20.8. The van der Waals surface area contributed by atoms with Gasteiger partial charge in [0.1, 0.15) is 11.6 Å². The SMILES string of the molecule is COc1ccc(C(=O)N2CCCN(c3nc4ccccc4c4nnc(C5CCCCC5)n34)CC2)cc1. The van der Waals surface area contributed by atoms with Gasteiger partial charge in [0.15, 0.2) is 5.65 Å². The third kappa shape index (κ3) is 4.14. The first kappa shape index (κ1) is 22.8. The highest BCUT2D eigenvalue weighted by atomic mass is 16.5. The maximum atomic E-state index is 13.2. The topological polar surface area (TPSA) is 75.9 Å². The molecule has 1 saturated carbocycles. The van der Waals surface area contributed by atoms with Crippen LogP contribution < -0.4 is 9.64 Å². The summed E-state index contributed by atoms with van der Waals surface area (Å²) < 4.78 is 7.45. The summed E-state index contributed by atoms with van der Waals surface area (Å²) in [6, 6.07) is 15.5. The molecule has 8 nitrogen and oxygen atoms in total. The predicted molar refractivity (Wildman–Crippen MR) is 140 cm³/mol. The van der Waals surface area contributed by atoms with Crippen LogP contribution in [0.1, 0.15) is 60.6 Å². The maximum Gasteiger partial charge on any atom is 0.253 e. The number of nitrogens with zero attached hydrogens (tertiary/aromatic N) is 6. The summed E-state index contributed by atoms with van der Waals surface area (Å²) in [5.74, 6) is 3.16. The maximum absolute atomic E-state index is 13.2. The molecule has 8 heteroatoms. The van der Waals surface area contributed by atoms with Crippen LogP contribution in [0.15, 0.2) is 48.5 Å². The van der Waals surface area contributed by atoms with Crippen LogP contribution in [-0.4, -0.2) is 63.7 Å². The van der Waals surface area contributed by atoms with Gasteiger partial charge in [-0.15, -0.1) is 10.2 Å². The van der Waals surface area contributed by atoms with Crippen molar-refractivity contribution in [3.8, 4) is 5.75 Å². The number of carbonyl (C=O) groups is 1. The number of para-hydroxylation sites is 1. The lowest BCUT2D eigenvalue weighted by Gasteiger charge is -2.26. The number of ether oxygens (including phenoxy) is 1. The molecule has 1 saturated heterocycles. The standard InChI is InChI=1S/C28H32N6O2/c1-36-22-14-12-21(13-15-22)27(35)32-16-7-17-33(19-18-32)28-29-24-11-6-5-10-23(24)26-31-30-25(34(26)28)20-8-3-2-4-9-20/h5-6,10-15,20H,2-4,7-9,16-19H2,1H3. The molecular weight excluding hydrogens is 452 g/mol. The molecule has 0 N–H and O–H groups in total. The third-order valence-electron chi connectivity index (χ3n) is 7.63.